The number of carboxylic acid groups (broad SMARTS) is 1. The second kappa shape index (κ2) is 5.40. The molecule has 0 fully saturated rings. The van der Waals surface area contributed by atoms with Crippen molar-refractivity contribution in [3.63, 3.8) is 0 Å². The summed E-state index contributed by atoms with van der Waals surface area (Å²) in [5.41, 5.74) is -0.426. The van der Waals surface area contributed by atoms with Crippen molar-refractivity contribution in [1.29, 1.82) is 5.26 Å². The molecule has 0 unspecified atom stereocenters. The van der Waals surface area contributed by atoms with Crippen LogP contribution in [0.1, 0.15) is 19.4 Å². The summed E-state index contributed by atoms with van der Waals surface area (Å²) in [6.07, 6.45) is 0. The van der Waals surface area contributed by atoms with Gasteiger partial charge in [-0.05, 0) is 32.0 Å². The Morgan fingerprint density at radius 1 is 1.42 bits per heavy atom. The monoisotopic (exact) mass is 261 g/mol. The number of nitriles is 1. The number of rotatable bonds is 3. The van der Waals surface area contributed by atoms with Crippen LogP contribution in [0, 0.1) is 11.3 Å². The number of carboxylic acids is 1. The molecule has 1 aromatic rings. The summed E-state index contributed by atoms with van der Waals surface area (Å²) >= 11 is 0. The average Bonchev–Trinajstić information content (AvgIpc) is 2.37. The Kier molecular flexibility index (Phi) is 4.12. The molecule has 0 saturated carbocycles. The Morgan fingerprint density at radius 2 is 2.05 bits per heavy atom. The minimum atomic E-state index is -1.36. The summed E-state index contributed by atoms with van der Waals surface area (Å²) in [7, 11) is 1.50. The molecule has 0 saturated heterocycles. The third-order valence-electron chi connectivity index (χ3n) is 2.62. The Balaban J connectivity index is 2.88. The molecule has 0 bridgehead atoms. The van der Waals surface area contributed by atoms with E-state index in [0.29, 0.717) is 11.3 Å². The van der Waals surface area contributed by atoms with E-state index < -0.39 is 17.5 Å². The van der Waals surface area contributed by atoms with Crippen LogP contribution in [0.3, 0.4) is 0 Å². The van der Waals surface area contributed by atoms with Crippen LogP contribution in [0.2, 0.25) is 0 Å². The number of carbonyl (C=O) groups excluding carboxylic acids is 1. The van der Waals surface area contributed by atoms with Crippen molar-refractivity contribution >= 4 is 17.7 Å². The van der Waals surface area contributed by atoms with Crippen LogP contribution in [0.4, 0.5) is 10.5 Å². The second-order valence-corrected chi connectivity index (χ2v) is 4.58. The minimum absolute atomic E-state index is 0.426. The highest BCUT2D eigenvalue weighted by molar-refractivity contribution is 5.95. The fraction of sp³-hybridized carbons (Fsp3) is 0.308. The van der Waals surface area contributed by atoms with E-state index in [0.717, 1.165) is 0 Å². The SMILES string of the molecule is CN(C(=O)NC(C)(C)C(=O)O)c1cccc(C#N)c1. The zero-order chi connectivity index (χ0) is 14.6. The molecule has 2 N–H and O–H groups in total. The molecule has 0 aliphatic heterocycles. The van der Waals surface area contributed by atoms with E-state index in [1.54, 1.807) is 24.3 Å². The smallest absolute Gasteiger partial charge is 0.328 e. The summed E-state index contributed by atoms with van der Waals surface area (Å²) in [5, 5.41) is 20.1. The standard InChI is InChI=1S/C13H15N3O3/c1-13(2,11(17)18)15-12(19)16(3)10-6-4-5-9(7-10)8-14/h4-7H,1-3H3,(H,15,19)(H,17,18). The molecule has 0 aromatic heterocycles. The van der Waals surface area contributed by atoms with Gasteiger partial charge >= 0.3 is 12.0 Å². The van der Waals surface area contributed by atoms with E-state index in [9.17, 15) is 9.59 Å². The lowest BCUT2D eigenvalue weighted by atomic mass is 10.1. The van der Waals surface area contributed by atoms with Crippen molar-refractivity contribution in [2.75, 3.05) is 11.9 Å². The predicted octanol–water partition coefficient (Wildman–Crippen LogP) is 1.57. The maximum Gasteiger partial charge on any atom is 0.328 e. The zero-order valence-corrected chi connectivity index (χ0v) is 11.0. The molecule has 0 atom stereocenters. The number of urea groups is 1. The number of carbonyl (C=O) groups is 2. The number of nitrogens with zero attached hydrogens (tertiary/aromatic N) is 2. The van der Waals surface area contributed by atoms with Crippen LogP contribution in [-0.2, 0) is 4.79 Å². The summed E-state index contributed by atoms with van der Waals surface area (Å²) in [5.74, 6) is -1.12. The number of hydrogen-bond acceptors (Lipinski definition) is 3. The lowest BCUT2D eigenvalue weighted by molar-refractivity contribution is -0.142. The highest BCUT2D eigenvalue weighted by Crippen LogP contribution is 2.15. The molecule has 19 heavy (non-hydrogen) atoms. The van der Waals surface area contributed by atoms with E-state index in [-0.39, 0.29) is 0 Å². The highest BCUT2D eigenvalue weighted by atomic mass is 16.4. The zero-order valence-electron chi connectivity index (χ0n) is 11.0. The topological polar surface area (TPSA) is 93.4 Å². The molecular formula is C13H15N3O3. The summed E-state index contributed by atoms with van der Waals surface area (Å²) in [6, 6.07) is 7.91. The number of benzene rings is 1. The third kappa shape index (κ3) is 3.45. The maximum absolute atomic E-state index is 11.9. The van der Waals surface area contributed by atoms with Gasteiger partial charge in [0.2, 0.25) is 0 Å². The van der Waals surface area contributed by atoms with Gasteiger partial charge in [-0.25, -0.2) is 9.59 Å². The quantitative estimate of drug-likeness (QED) is 0.863. The lowest BCUT2D eigenvalue weighted by Gasteiger charge is -2.25. The van der Waals surface area contributed by atoms with Gasteiger partial charge in [0.25, 0.3) is 0 Å². The van der Waals surface area contributed by atoms with Crippen LogP contribution in [-0.4, -0.2) is 29.7 Å². The van der Waals surface area contributed by atoms with Crippen LogP contribution < -0.4 is 10.2 Å². The molecule has 1 aromatic carbocycles. The van der Waals surface area contributed by atoms with Gasteiger partial charge in [0.05, 0.1) is 11.6 Å². The summed E-state index contributed by atoms with van der Waals surface area (Å²) in [6.45, 7) is 2.79. The molecule has 100 valence electrons. The molecule has 2 amide bonds. The molecule has 0 heterocycles. The van der Waals surface area contributed by atoms with Crippen LogP contribution >= 0.6 is 0 Å². The van der Waals surface area contributed by atoms with E-state index >= 15 is 0 Å². The summed E-state index contributed by atoms with van der Waals surface area (Å²) < 4.78 is 0. The first-order valence-electron chi connectivity index (χ1n) is 5.57. The molecule has 0 radical (unpaired) electrons. The maximum atomic E-state index is 11.9. The second-order valence-electron chi connectivity index (χ2n) is 4.58. The first-order chi connectivity index (χ1) is 8.77. The van der Waals surface area contributed by atoms with Crippen molar-refractivity contribution < 1.29 is 14.7 Å². The van der Waals surface area contributed by atoms with Gasteiger partial charge in [0.1, 0.15) is 5.54 Å². The fourth-order valence-electron chi connectivity index (χ4n) is 1.31. The van der Waals surface area contributed by atoms with Crippen molar-refractivity contribution in [2.24, 2.45) is 0 Å². The van der Waals surface area contributed by atoms with E-state index in [4.69, 9.17) is 10.4 Å². The fourth-order valence-corrected chi connectivity index (χ4v) is 1.31. The summed E-state index contributed by atoms with van der Waals surface area (Å²) in [4.78, 5) is 24.1. The van der Waals surface area contributed by atoms with E-state index in [1.165, 1.54) is 25.8 Å². The van der Waals surface area contributed by atoms with Gasteiger partial charge < -0.3 is 10.4 Å². The number of amides is 2. The van der Waals surface area contributed by atoms with E-state index in [2.05, 4.69) is 5.32 Å². The first-order valence-corrected chi connectivity index (χ1v) is 5.57. The number of hydrogen-bond donors (Lipinski definition) is 2. The Morgan fingerprint density at radius 3 is 2.58 bits per heavy atom. The van der Waals surface area contributed by atoms with E-state index in [1.807, 2.05) is 6.07 Å². The first kappa shape index (κ1) is 14.5. The van der Waals surface area contributed by atoms with Gasteiger partial charge in [-0.1, -0.05) is 6.07 Å². The Hall–Kier alpha value is -2.55. The van der Waals surface area contributed by atoms with Crippen LogP contribution in [0.5, 0.6) is 0 Å². The molecule has 1 rings (SSSR count). The normalized spacial score (nSPS) is 10.4. The highest BCUT2D eigenvalue weighted by Gasteiger charge is 2.30. The molecule has 6 nitrogen and oxygen atoms in total. The number of anilines is 1. The molecular weight excluding hydrogens is 246 g/mol. The van der Waals surface area contributed by atoms with Gasteiger partial charge in [-0.3, -0.25) is 4.90 Å². The predicted molar refractivity (Wildman–Crippen MR) is 69.8 cm³/mol. The van der Waals surface area contributed by atoms with Crippen LogP contribution in [0.15, 0.2) is 24.3 Å². The average molecular weight is 261 g/mol. The van der Waals surface area contributed by atoms with Gasteiger partial charge in [-0.2, -0.15) is 5.26 Å². The van der Waals surface area contributed by atoms with Gasteiger partial charge in [-0.15, -0.1) is 0 Å². The molecule has 0 aliphatic rings. The van der Waals surface area contributed by atoms with Crippen molar-refractivity contribution in [3.8, 4) is 6.07 Å². The van der Waals surface area contributed by atoms with Crippen molar-refractivity contribution in [1.82, 2.24) is 5.32 Å². The third-order valence-corrected chi connectivity index (χ3v) is 2.62. The van der Waals surface area contributed by atoms with Crippen molar-refractivity contribution in [2.45, 2.75) is 19.4 Å². The van der Waals surface area contributed by atoms with Crippen molar-refractivity contribution in [3.05, 3.63) is 29.8 Å². The largest absolute Gasteiger partial charge is 0.480 e. The Bertz CT molecular complexity index is 546. The van der Waals surface area contributed by atoms with Crippen LogP contribution in [0.25, 0.3) is 0 Å². The van der Waals surface area contributed by atoms with Gasteiger partial charge in [0.15, 0.2) is 0 Å². The number of aliphatic carboxylic acids is 1. The molecule has 0 aliphatic carbocycles. The lowest BCUT2D eigenvalue weighted by Crippen LogP contribution is -2.53. The molecule has 0 spiro atoms. The number of nitrogens with one attached hydrogen (secondary N) is 1. The Labute approximate surface area is 111 Å². The van der Waals surface area contributed by atoms with Gasteiger partial charge in [0, 0.05) is 12.7 Å². The molecule has 6 heteroatoms. The minimum Gasteiger partial charge on any atom is -0.480 e.